The highest BCUT2D eigenvalue weighted by molar-refractivity contribution is 9.10. The molecule has 8 heteroatoms. The van der Waals surface area contributed by atoms with Crippen molar-refractivity contribution < 1.29 is 24.6 Å². The minimum absolute atomic E-state index is 0.108. The fourth-order valence-electron chi connectivity index (χ4n) is 3.86. The molecule has 3 aromatic carbocycles. The number of carbonyl (C=O) groups excluding carboxylic acids is 1. The molecule has 3 N–H and O–H groups in total. The molecule has 1 heterocycles. The van der Waals surface area contributed by atoms with Crippen molar-refractivity contribution in [1.29, 1.82) is 0 Å². The van der Waals surface area contributed by atoms with Gasteiger partial charge >= 0.3 is 11.9 Å². The zero-order valence-electron chi connectivity index (χ0n) is 15.1. The van der Waals surface area contributed by atoms with Gasteiger partial charge in [0.2, 0.25) is 0 Å². The number of carboxylic acids is 2. The summed E-state index contributed by atoms with van der Waals surface area (Å²) in [6.45, 7) is 0.310. The van der Waals surface area contributed by atoms with Gasteiger partial charge in [-0.2, -0.15) is 0 Å². The molecule has 1 saturated heterocycles. The highest BCUT2D eigenvalue weighted by Crippen LogP contribution is 2.33. The van der Waals surface area contributed by atoms with Gasteiger partial charge in [-0.05, 0) is 39.7 Å². The van der Waals surface area contributed by atoms with Gasteiger partial charge in [0.25, 0.3) is 5.91 Å². The van der Waals surface area contributed by atoms with E-state index in [0.717, 1.165) is 30.9 Å². The Bertz CT molecular complexity index is 1160. The predicted molar refractivity (Wildman–Crippen MR) is 111 cm³/mol. The summed E-state index contributed by atoms with van der Waals surface area (Å²) in [5.41, 5.74) is 0.311. The van der Waals surface area contributed by atoms with Gasteiger partial charge in [-0.3, -0.25) is 9.59 Å². The Kier molecular flexibility index (Phi) is 4.97. The van der Waals surface area contributed by atoms with Crippen molar-refractivity contribution >= 4 is 55.3 Å². The van der Waals surface area contributed by atoms with E-state index in [-0.39, 0.29) is 13.1 Å². The second kappa shape index (κ2) is 7.46. The second-order valence-corrected chi connectivity index (χ2v) is 7.75. The van der Waals surface area contributed by atoms with Crippen LogP contribution in [0, 0.1) is 0 Å². The van der Waals surface area contributed by atoms with E-state index in [2.05, 4.69) is 21.2 Å². The van der Waals surface area contributed by atoms with E-state index >= 15 is 0 Å². The molecule has 4 rings (SSSR count). The van der Waals surface area contributed by atoms with Crippen LogP contribution in [0.25, 0.3) is 21.5 Å². The largest absolute Gasteiger partial charge is 0.480 e. The lowest BCUT2D eigenvalue weighted by Crippen LogP contribution is -2.65. The topological polar surface area (TPSA) is 107 Å². The molecule has 29 heavy (non-hydrogen) atoms. The SMILES string of the molecule is O=C(O)[C@@H]1[C@H](C(=O)O)NCCN1C(=O)c1ccc2c(c1)c(Br)cc1ccccc12. The lowest BCUT2D eigenvalue weighted by molar-refractivity contribution is -0.152. The predicted octanol–water partition coefficient (Wildman–Crippen LogP) is 2.71. The Morgan fingerprint density at radius 3 is 2.45 bits per heavy atom. The van der Waals surface area contributed by atoms with E-state index in [1.807, 2.05) is 36.4 Å². The molecule has 0 radical (unpaired) electrons. The monoisotopic (exact) mass is 456 g/mol. The molecule has 7 nitrogen and oxygen atoms in total. The van der Waals surface area contributed by atoms with Crippen LogP contribution >= 0.6 is 15.9 Å². The highest BCUT2D eigenvalue weighted by Gasteiger charge is 2.43. The van der Waals surface area contributed by atoms with Crippen molar-refractivity contribution in [2.24, 2.45) is 0 Å². The Hall–Kier alpha value is -2.97. The number of fused-ring (bicyclic) bond motifs is 3. The standard InChI is InChI=1S/C21H17BrN2O5/c22-16-10-11-3-1-2-4-13(11)14-6-5-12(9-15(14)16)19(25)24-8-7-23-17(20(26)27)18(24)21(28)29/h1-6,9-10,17-18,23H,7-8H2,(H,26,27)(H,28,29)/t17-,18+/m1/s1. The summed E-state index contributed by atoms with van der Waals surface area (Å²) in [4.78, 5) is 37.4. The number of nitrogens with zero attached hydrogens (tertiary/aromatic N) is 1. The number of hydrogen-bond donors (Lipinski definition) is 3. The summed E-state index contributed by atoms with van der Waals surface area (Å²) in [7, 11) is 0. The third-order valence-electron chi connectivity index (χ3n) is 5.21. The number of carboxylic acid groups (broad SMARTS) is 2. The van der Waals surface area contributed by atoms with Crippen molar-refractivity contribution in [3.8, 4) is 0 Å². The van der Waals surface area contributed by atoms with Crippen LogP contribution in [0.2, 0.25) is 0 Å². The summed E-state index contributed by atoms with van der Waals surface area (Å²) in [5, 5.41) is 25.4. The van der Waals surface area contributed by atoms with Crippen molar-refractivity contribution in [2.75, 3.05) is 13.1 Å². The molecule has 3 aromatic rings. The molecule has 1 amide bonds. The third kappa shape index (κ3) is 3.34. The van der Waals surface area contributed by atoms with Crippen LogP contribution < -0.4 is 5.32 Å². The first kappa shape index (κ1) is 19.4. The van der Waals surface area contributed by atoms with Crippen LogP contribution in [0.4, 0.5) is 0 Å². The van der Waals surface area contributed by atoms with Crippen molar-refractivity contribution in [3.05, 3.63) is 58.6 Å². The van der Waals surface area contributed by atoms with Crippen LogP contribution in [0.1, 0.15) is 10.4 Å². The Morgan fingerprint density at radius 1 is 0.966 bits per heavy atom. The molecule has 1 aliphatic heterocycles. The van der Waals surface area contributed by atoms with E-state index in [4.69, 9.17) is 0 Å². The van der Waals surface area contributed by atoms with E-state index in [1.165, 1.54) is 0 Å². The number of carbonyl (C=O) groups is 3. The molecule has 0 spiro atoms. The van der Waals surface area contributed by atoms with Gasteiger partial charge in [0.1, 0.15) is 6.04 Å². The Morgan fingerprint density at radius 2 is 1.72 bits per heavy atom. The molecule has 148 valence electrons. The molecular weight excluding hydrogens is 440 g/mol. The first-order valence-corrected chi connectivity index (χ1v) is 9.79. The molecule has 1 aliphatic rings. The lowest BCUT2D eigenvalue weighted by atomic mass is 9.98. The summed E-state index contributed by atoms with van der Waals surface area (Å²) < 4.78 is 0.819. The van der Waals surface area contributed by atoms with Gasteiger partial charge in [0.05, 0.1) is 0 Å². The van der Waals surface area contributed by atoms with Gasteiger partial charge < -0.3 is 20.4 Å². The quantitative estimate of drug-likeness (QED) is 0.523. The van der Waals surface area contributed by atoms with Crippen LogP contribution in [0.5, 0.6) is 0 Å². The van der Waals surface area contributed by atoms with Crippen molar-refractivity contribution in [2.45, 2.75) is 12.1 Å². The van der Waals surface area contributed by atoms with Gasteiger partial charge in [-0.15, -0.1) is 0 Å². The van der Waals surface area contributed by atoms with E-state index in [9.17, 15) is 24.6 Å². The van der Waals surface area contributed by atoms with E-state index in [0.29, 0.717) is 5.56 Å². The third-order valence-corrected chi connectivity index (χ3v) is 5.86. The molecule has 0 unspecified atom stereocenters. The maximum Gasteiger partial charge on any atom is 0.328 e. The summed E-state index contributed by atoms with van der Waals surface area (Å²) in [6, 6.07) is 12.2. The lowest BCUT2D eigenvalue weighted by Gasteiger charge is -2.37. The van der Waals surface area contributed by atoms with Crippen LogP contribution in [0.15, 0.2) is 53.0 Å². The van der Waals surface area contributed by atoms with Gasteiger partial charge in [0, 0.05) is 23.1 Å². The van der Waals surface area contributed by atoms with Crippen LogP contribution in [0.3, 0.4) is 0 Å². The van der Waals surface area contributed by atoms with Crippen LogP contribution in [-0.2, 0) is 9.59 Å². The zero-order chi connectivity index (χ0) is 20.7. The van der Waals surface area contributed by atoms with Gasteiger partial charge in [0.15, 0.2) is 6.04 Å². The number of amides is 1. The summed E-state index contributed by atoms with van der Waals surface area (Å²) >= 11 is 3.55. The average Bonchev–Trinajstić information content (AvgIpc) is 2.72. The molecule has 0 aromatic heterocycles. The van der Waals surface area contributed by atoms with Crippen LogP contribution in [-0.4, -0.2) is 58.1 Å². The minimum atomic E-state index is -1.48. The Balaban J connectivity index is 1.78. The van der Waals surface area contributed by atoms with Gasteiger partial charge in [-0.1, -0.05) is 46.3 Å². The fourth-order valence-corrected chi connectivity index (χ4v) is 4.43. The van der Waals surface area contributed by atoms with E-state index in [1.54, 1.807) is 12.1 Å². The first-order chi connectivity index (χ1) is 13.9. The minimum Gasteiger partial charge on any atom is -0.480 e. The number of nitrogens with one attached hydrogen (secondary N) is 1. The molecule has 0 bridgehead atoms. The fraction of sp³-hybridized carbons (Fsp3) is 0.190. The van der Waals surface area contributed by atoms with E-state index < -0.39 is 29.9 Å². The molecular formula is C21H17BrN2O5. The first-order valence-electron chi connectivity index (χ1n) is 8.99. The van der Waals surface area contributed by atoms with Crippen molar-refractivity contribution in [3.63, 3.8) is 0 Å². The number of piperazine rings is 1. The molecule has 2 atom stereocenters. The van der Waals surface area contributed by atoms with Gasteiger partial charge in [-0.25, -0.2) is 4.79 Å². The zero-order valence-corrected chi connectivity index (χ0v) is 16.7. The number of benzene rings is 3. The normalized spacial score (nSPS) is 19.4. The number of rotatable bonds is 3. The smallest absolute Gasteiger partial charge is 0.328 e. The van der Waals surface area contributed by atoms with Crippen molar-refractivity contribution in [1.82, 2.24) is 10.2 Å². The molecule has 1 fully saturated rings. The maximum absolute atomic E-state index is 13.1. The second-order valence-electron chi connectivity index (χ2n) is 6.89. The maximum atomic E-state index is 13.1. The molecule has 0 aliphatic carbocycles. The Labute approximate surface area is 174 Å². The summed E-state index contributed by atoms with van der Waals surface area (Å²) in [6.07, 6.45) is 0. The number of aliphatic carboxylic acids is 2. The average molecular weight is 457 g/mol. The molecule has 0 saturated carbocycles. The highest BCUT2D eigenvalue weighted by atomic mass is 79.9. The number of hydrogen-bond acceptors (Lipinski definition) is 4. The summed E-state index contributed by atoms with van der Waals surface area (Å²) in [5.74, 6) is -3.17. The number of halogens is 1.